The van der Waals surface area contributed by atoms with Crippen LogP contribution in [0.1, 0.15) is 68.4 Å². The van der Waals surface area contributed by atoms with Gasteiger partial charge in [-0.15, -0.1) is 0 Å². The molecule has 0 spiro atoms. The highest BCUT2D eigenvalue weighted by atomic mass is 16.5. The molecule has 3 rings (SSSR count). The molecule has 0 unspecified atom stereocenters. The molecule has 0 saturated carbocycles. The second-order valence-electron chi connectivity index (χ2n) is 15.9. The van der Waals surface area contributed by atoms with Crippen molar-refractivity contribution in [2.45, 2.75) is 97.9 Å². The molecule has 0 radical (unpaired) electrons. The van der Waals surface area contributed by atoms with Gasteiger partial charge in [-0.2, -0.15) is 0 Å². The van der Waals surface area contributed by atoms with Crippen molar-refractivity contribution in [3.8, 4) is 5.75 Å². The van der Waals surface area contributed by atoms with Crippen molar-refractivity contribution in [3.05, 3.63) is 101 Å². The minimum absolute atomic E-state index is 0.0500. The quantitative estimate of drug-likeness (QED) is 0.137. The average molecular weight is 786 g/mol. The summed E-state index contributed by atoms with van der Waals surface area (Å²) < 4.78 is 11.2. The van der Waals surface area contributed by atoms with E-state index in [0.717, 1.165) is 22.3 Å². The van der Waals surface area contributed by atoms with E-state index in [-0.39, 0.29) is 42.6 Å². The summed E-state index contributed by atoms with van der Waals surface area (Å²) in [6.45, 7) is 11.4. The van der Waals surface area contributed by atoms with E-state index in [4.69, 9.17) is 9.47 Å². The van der Waals surface area contributed by atoms with E-state index in [2.05, 4.69) is 0 Å². The molecule has 1 N–H and O–H groups in total. The smallest absolute Gasteiger partial charge is 0.328 e. The van der Waals surface area contributed by atoms with Gasteiger partial charge in [-0.1, -0.05) is 99.5 Å². The number of ketones is 1. The molecule has 2 amide bonds. The van der Waals surface area contributed by atoms with Crippen molar-refractivity contribution >= 4 is 29.5 Å². The number of carbonyl (C=O) groups is 5. The van der Waals surface area contributed by atoms with Crippen LogP contribution < -0.4 is 0 Å². The number of hydrogen-bond donors (Lipinski definition) is 1. The van der Waals surface area contributed by atoms with Crippen LogP contribution in [0.2, 0.25) is 0 Å². The molecule has 0 aliphatic rings. The molecular formula is C46H63N3O8. The van der Waals surface area contributed by atoms with Crippen molar-refractivity contribution in [1.29, 1.82) is 0 Å². The normalized spacial score (nSPS) is 14.5. The topological polar surface area (TPSA) is 134 Å². The van der Waals surface area contributed by atoms with Gasteiger partial charge >= 0.3 is 11.9 Å². The number of phenolic OH excluding ortho intramolecular Hbond substituents is 1. The third-order valence-electron chi connectivity index (χ3n) is 11.0. The Morgan fingerprint density at radius 2 is 1.07 bits per heavy atom. The zero-order chi connectivity index (χ0) is 42.6. The third kappa shape index (κ3) is 13.0. The average Bonchev–Trinajstić information content (AvgIpc) is 3.19. The van der Waals surface area contributed by atoms with Crippen molar-refractivity contribution < 1.29 is 38.6 Å². The van der Waals surface area contributed by atoms with Crippen LogP contribution in [-0.4, -0.2) is 109 Å². The first-order valence-electron chi connectivity index (χ1n) is 19.8. The number of rotatable bonds is 20. The molecular weight excluding hydrogens is 723 g/mol. The van der Waals surface area contributed by atoms with Gasteiger partial charge in [0, 0.05) is 45.2 Å². The van der Waals surface area contributed by atoms with E-state index in [0.29, 0.717) is 18.4 Å². The molecule has 0 aliphatic heterocycles. The van der Waals surface area contributed by atoms with Crippen molar-refractivity contribution in [2.24, 2.45) is 17.8 Å². The van der Waals surface area contributed by atoms with E-state index in [1.807, 2.05) is 90.1 Å². The zero-order valence-electron chi connectivity index (χ0n) is 35.7. The largest absolute Gasteiger partial charge is 0.508 e. The molecule has 0 fully saturated rings. The standard InChI is InChI=1S/C46H63N3O8/c1-12-32(6)42(57-46(55)39(47(7)8)26-33-17-13-30(4)14-18-33)41(51)28-37(29(2)3)43(52)48(9)38(25-35-21-23-36(50)24-22-35)44(53)49(10)40(45(54)56-11)27-34-19-15-31(5)16-20-34/h13-24,29,32,37-40,42,50H,12,25-28H2,1-11H3/t32-,37-,38+,39+,40+,42-/m0/s1. The molecule has 0 saturated heterocycles. The van der Waals surface area contributed by atoms with Crippen LogP contribution in [0.3, 0.4) is 0 Å². The Balaban J connectivity index is 1.93. The lowest BCUT2D eigenvalue weighted by molar-refractivity contribution is -0.163. The molecule has 3 aromatic carbocycles. The van der Waals surface area contributed by atoms with Gasteiger partial charge < -0.3 is 24.4 Å². The Kier molecular flexibility index (Phi) is 17.5. The molecule has 0 aliphatic carbocycles. The summed E-state index contributed by atoms with van der Waals surface area (Å²) in [6.07, 6.45) is -0.0562. The summed E-state index contributed by atoms with van der Waals surface area (Å²) in [5, 5.41) is 9.95. The van der Waals surface area contributed by atoms with Crippen LogP contribution in [-0.2, 0) is 52.7 Å². The Hall–Kier alpha value is -5.03. The third-order valence-corrected chi connectivity index (χ3v) is 11.0. The molecule has 3 aromatic rings. The molecule has 0 aromatic heterocycles. The van der Waals surface area contributed by atoms with E-state index in [9.17, 15) is 29.1 Å². The molecule has 0 bridgehead atoms. The number of likely N-dealkylation sites (N-methyl/N-ethyl adjacent to an activating group) is 3. The fraction of sp³-hybridized carbons (Fsp3) is 0.500. The number of aryl methyl sites for hydroxylation is 2. The minimum Gasteiger partial charge on any atom is -0.508 e. The SMILES string of the molecule is CC[C@H](C)[C@H](OC(=O)[C@@H](Cc1ccc(C)cc1)N(C)C)C(=O)C[C@H](C(=O)N(C)[C@H](Cc1ccc(O)cc1)C(=O)N(C)[C@H](Cc1ccc(C)cc1)C(=O)OC)C(C)C. The van der Waals surface area contributed by atoms with Gasteiger partial charge in [0.15, 0.2) is 11.9 Å². The fourth-order valence-electron chi connectivity index (χ4n) is 6.79. The number of benzene rings is 3. The van der Waals surface area contributed by atoms with Crippen LogP contribution in [0.15, 0.2) is 72.8 Å². The predicted molar refractivity (Wildman–Crippen MR) is 221 cm³/mol. The summed E-state index contributed by atoms with van der Waals surface area (Å²) in [5.41, 5.74) is 4.63. The lowest BCUT2D eigenvalue weighted by Crippen LogP contribution is -2.55. The van der Waals surface area contributed by atoms with Gasteiger partial charge in [0.2, 0.25) is 11.8 Å². The lowest BCUT2D eigenvalue weighted by Gasteiger charge is -2.36. The predicted octanol–water partition coefficient (Wildman–Crippen LogP) is 5.98. The van der Waals surface area contributed by atoms with Gasteiger partial charge in [-0.05, 0) is 75.5 Å². The van der Waals surface area contributed by atoms with Crippen LogP contribution in [0.4, 0.5) is 0 Å². The van der Waals surface area contributed by atoms with Crippen molar-refractivity contribution in [3.63, 3.8) is 0 Å². The number of amides is 2. The van der Waals surface area contributed by atoms with Crippen molar-refractivity contribution in [2.75, 3.05) is 35.3 Å². The Bertz CT molecular complexity index is 1790. The number of aromatic hydroxyl groups is 1. The van der Waals surface area contributed by atoms with Crippen LogP contribution >= 0.6 is 0 Å². The fourth-order valence-corrected chi connectivity index (χ4v) is 6.79. The summed E-state index contributed by atoms with van der Waals surface area (Å²) >= 11 is 0. The number of carbonyl (C=O) groups excluding carboxylic acids is 5. The van der Waals surface area contributed by atoms with E-state index < -0.39 is 53.9 Å². The zero-order valence-corrected chi connectivity index (χ0v) is 35.7. The Morgan fingerprint density at radius 3 is 1.51 bits per heavy atom. The van der Waals surface area contributed by atoms with E-state index in [1.165, 1.54) is 43.1 Å². The summed E-state index contributed by atoms with van der Waals surface area (Å²) in [5.74, 6) is -3.85. The number of esters is 2. The molecule has 11 nitrogen and oxygen atoms in total. The van der Waals surface area contributed by atoms with Crippen LogP contribution in [0, 0.1) is 31.6 Å². The minimum atomic E-state index is -1.08. The lowest BCUT2D eigenvalue weighted by atomic mass is 9.85. The highest BCUT2D eigenvalue weighted by Crippen LogP contribution is 2.26. The van der Waals surface area contributed by atoms with Gasteiger partial charge in [-0.25, -0.2) is 4.79 Å². The highest BCUT2D eigenvalue weighted by Gasteiger charge is 2.40. The molecule has 0 heterocycles. The number of methoxy groups -OCH3 is 1. The van der Waals surface area contributed by atoms with Gasteiger partial charge in [0.1, 0.15) is 23.9 Å². The maximum absolute atomic E-state index is 14.6. The summed E-state index contributed by atoms with van der Waals surface area (Å²) in [7, 11) is 7.92. The Morgan fingerprint density at radius 1 is 0.632 bits per heavy atom. The number of Topliss-reactive ketones (excluding diaryl/α,β-unsaturated/α-hetero) is 1. The molecule has 11 heteroatoms. The monoisotopic (exact) mass is 785 g/mol. The highest BCUT2D eigenvalue weighted by molar-refractivity contribution is 5.94. The van der Waals surface area contributed by atoms with Crippen LogP contribution in [0.5, 0.6) is 5.75 Å². The first-order chi connectivity index (χ1) is 26.9. The summed E-state index contributed by atoms with van der Waals surface area (Å²) in [4.78, 5) is 74.7. The number of ether oxygens (including phenoxy) is 2. The maximum atomic E-state index is 14.6. The van der Waals surface area contributed by atoms with E-state index in [1.54, 1.807) is 31.1 Å². The first-order valence-corrected chi connectivity index (χ1v) is 19.8. The van der Waals surface area contributed by atoms with Gasteiger partial charge in [0.05, 0.1) is 7.11 Å². The second-order valence-corrected chi connectivity index (χ2v) is 15.9. The second kappa shape index (κ2) is 21.5. The summed E-state index contributed by atoms with van der Waals surface area (Å²) in [6, 6.07) is 19.2. The first kappa shape index (κ1) is 46.4. The van der Waals surface area contributed by atoms with E-state index >= 15 is 0 Å². The van der Waals surface area contributed by atoms with Crippen LogP contribution in [0.25, 0.3) is 0 Å². The Labute approximate surface area is 339 Å². The van der Waals surface area contributed by atoms with Gasteiger partial charge in [0.25, 0.3) is 0 Å². The molecule has 57 heavy (non-hydrogen) atoms. The number of hydrogen-bond acceptors (Lipinski definition) is 9. The molecule has 310 valence electrons. The van der Waals surface area contributed by atoms with Crippen molar-refractivity contribution in [1.82, 2.24) is 14.7 Å². The number of nitrogens with zero attached hydrogens (tertiary/aromatic N) is 3. The molecule has 6 atom stereocenters. The van der Waals surface area contributed by atoms with Gasteiger partial charge in [-0.3, -0.25) is 24.1 Å². The maximum Gasteiger partial charge on any atom is 0.328 e. The number of phenols is 1.